The number of nitrogens with one attached hydrogen (secondary N) is 1. The van der Waals surface area contributed by atoms with E-state index in [1.54, 1.807) is 42.5 Å². The first kappa shape index (κ1) is 19.8. The van der Waals surface area contributed by atoms with E-state index < -0.39 is 20.0 Å². The SMILES string of the molecule is NS(=O)(=O)c1ccc(Nc2ccc3cc(S(=O)(=O)N4CCCC4)ccc3n2)cc1. The molecule has 0 saturated carbocycles. The van der Waals surface area contributed by atoms with Crippen molar-refractivity contribution in [3.05, 3.63) is 54.6 Å². The Labute approximate surface area is 169 Å². The summed E-state index contributed by atoms with van der Waals surface area (Å²) in [7, 11) is -7.21. The molecule has 0 spiro atoms. The fourth-order valence-electron chi connectivity index (χ4n) is 3.29. The van der Waals surface area contributed by atoms with Crippen molar-refractivity contribution < 1.29 is 16.8 Å². The van der Waals surface area contributed by atoms with E-state index in [-0.39, 0.29) is 9.79 Å². The highest BCUT2D eigenvalue weighted by molar-refractivity contribution is 7.89. The smallest absolute Gasteiger partial charge is 0.243 e. The molecular formula is C19H20N4O4S2. The zero-order valence-electron chi connectivity index (χ0n) is 15.4. The molecule has 1 fully saturated rings. The quantitative estimate of drug-likeness (QED) is 0.638. The topological polar surface area (TPSA) is 122 Å². The van der Waals surface area contributed by atoms with Gasteiger partial charge in [-0.1, -0.05) is 0 Å². The van der Waals surface area contributed by atoms with Crippen molar-refractivity contribution in [2.24, 2.45) is 5.14 Å². The molecule has 2 heterocycles. The van der Waals surface area contributed by atoms with Gasteiger partial charge in [-0.2, -0.15) is 4.31 Å². The van der Waals surface area contributed by atoms with Crippen LogP contribution in [-0.2, 0) is 20.0 Å². The van der Waals surface area contributed by atoms with Crippen molar-refractivity contribution in [3.8, 4) is 0 Å². The van der Waals surface area contributed by atoms with Crippen LogP contribution in [0.15, 0.2) is 64.4 Å². The number of pyridine rings is 1. The lowest BCUT2D eigenvalue weighted by molar-refractivity contribution is 0.477. The Morgan fingerprint density at radius 2 is 1.52 bits per heavy atom. The number of hydrogen-bond donors (Lipinski definition) is 2. The van der Waals surface area contributed by atoms with Crippen molar-refractivity contribution in [2.45, 2.75) is 22.6 Å². The summed E-state index contributed by atoms with van der Waals surface area (Å²) in [6.07, 6.45) is 1.78. The highest BCUT2D eigenvalue weighted by Crippen LogP contribution is 2.25. The summed E-state index contributed by atoms with van der Waals surface area (Å²) < 4.78 is 49.6. The summed E-state index contributed by atoms with van der Waals surface area (Å²) in [5.74, 6) is 0.552. The molecule has 0 unspecified atom stereocenters. The summed E-state index contributed by atoms with van der Waals surface area (Å²) in [6, 6.07) is 14.5. The summed E-state index contributed by atoms with van der Waals surface area (Å²) in [5.41, 5.74) is 1.30. The second-order valence-corrected chi connectivity index (χ2v) is 10.4. The lowest BCUT2D eigenvalue weighted by atomic mass is 10.2. The molecule has 10 heteroatoms. The zero-order valence-corrected chi connectivity index (χ0v) is 17.1. The van der Waals surface area contributed by atoms with Crippen molar-refractivity contribution in [1.82, 2.24) is 9.29 Å². The molecule has 0 aliphatic carbocycles. The molecular weight excluding hydrogens is 412 g/mol. The molecule has 3 N–H and O–H groups in total. The van der Waals surface area contributed by atoms with Gasteiger partial charge in [-0.05, 0) is 67.4 Å². The highest BCUT2D eigenvalue weighted by Gasteiger charge is 2.27. The van der Waals surface area contributed by atoms with Gasteiger partial charge in [0.05, 0.1) is 15.3 Å². The summed E-state index contributed by atoms with van der Waals surface area (Å²) >= 11 is 0. The third kappa shape index (κ3) is 4.10. The fraction of sp³-hybridized carbons (Fsp3) is 0.211. The third-order valence-corrected chi connectivity index (χ3v) is 7.64. The molecule has 3 aromatic rings. The van der Waals surface area contributed by atoms with E-state index >= 15 is 0 Å². The van der Waals surface area contributed by atoms with Gasteiger partial charge in [0.15, 0.2) is 0 Å². The van der Waals surface area contributed by atoms with Crippen LogP contribution >= 0.6 is 0 Å². The first-order valence-corrected chi connectivity index (χ1v) is 12.0. The lowest BCUT2D eigenvalue weighted by Crippen LogP contribution is -2.27. The molecule has 1 aromatic heterocycles. The van der Waals surface area contributed by atoms with Crippen LogP contribution in [0.1, 0.15) is 12.8 Å². The number of fused-ring (bicyclic) bond motifs is 1. The number of anilines is 2. The molecule has 2 aromatic carbocycles. The van der Waals surface area contributed by atoms with Crippen LogP contribution in [0.5, 0.6) is 0 Å². The largest absolute Gasteiger partial charge is 0.340 e. The van der Waals surface area contributed by atoms with E-state index in [1.807, 2.05) is 0 Å². The van der Waals surface area contributed by atoms with E-state index in [9.17, 15) is 16.8 Å². The van der Waals surface area contributed by atoms with Gasteiger partial charge in [-0.25, -0.2) is 27.0 Å². The minimum absolute atomic E-state index is 0.0289. The number of benzene rings is 2. The van der Waals surface area contributed by atoms with Gasteiger partial charge in [-0.3, -0.25) is 0 Å². The van der Waals surface area contributed by atoms with Crippen molar-refractivity contribution in [1.29, 1.82) is 0 Å². The van der Waals surface area contributed by atoms with Gasteiger partial charge in [0, 0.05) is 24.2 Å². The Hall–Kier alpha value is -2.53. The van der Waals surface area contributed by atoms with Gasteiger partial charge in [0.2, 0.25) is 20.0 Å². The van der Waals surface area contributed by atoms with Crippen molar-refractivity contribution in [2.75, 3.05) is 18.4 Å². The van der Waals surface area contributed by atoms with Crippen LogP contribution in [0.25, 0.3) is 10.9 Å². The number of primary sulfonamides is 1. The number of nitrogens with zero attached hydrogens (tertiary/aromatic N) is 2. The Bertz CT molecular complexity index is 1270. The molecule has 1 saturated heterocycles. The molecule has 8 nitrogen and oxygen atoms in total. The minimum Gasteiger partial charge on any atom is -0.340 e. The van der Waals surface area contributed by atoms with E-state index in [2.05, 4.69) is 10.3 Å². The minimum atomic E-state index is -3.74. The predicted octanol–water partition coefficient (Wildman–Crippen LogP) is 2.41. The fourth-order valence-corrected chi connectivity index (χ4v) is 5.36. The monoisotopic (exact) mass is 432 g/mol. The van der Waals surface area contributed by atoms with Crippen LogP contribution in [0, 0.1) is 0 Å². The Balaban J connectivity index is 1.59. The van der Waals surface area contributed by atoms with Gasteiger partial charge < -0.3 is 5.32 Å². The molecule has 0 atom stereocenters. The van der Waals surface area contributed by atoms with Crippen LogP contribution in [0.3, 0.4) is 0 Å². The second-order valence-electron chi connectivity index (χ2n) is 6.86. The first-order chi connectivity index (χ1) is 13.7. The lowest BCUT2D eigenvalue weighted by Gasteiger charge is -2.15. The molecule has 0 amide bonds. The Kier molecular flexibility index (Phi) is 5.03. The van der Waals surface area contributed by atoms with Gasteiger partial charge >= 0.3 is 0 Å². The summed E-state index contributed by atoms with van der Waals surface area (Å²) in [6.45, 7) is 1.12. The molecule has 152 valence electrons. The number of rotatable bonds is 5. The average Bonchev–Trinajstić information content (AvgIpc) is 3.23. The molecule has 1 aliphatic rings. The molecule has 4 rings (SSSR count). The van der Waals surface area contributed by atoms with E-state index in [4.69, 9.17) is 5.14 Å². The average molecular weight is 433 g/mol. The maximum Gasteiger partial charge on any atom is 0.243 e. The first-order valence-electron chi connectivity index (χ1n) is 9.04. The van der Waals surface area contributed by atoms with Crippen molar-refractivity contribution >= 4 is 42.5 Å². The predicted molar refractivity (Wildman–Crippen MR) is 111 cm³/mol. The number of hydrogen-bond acceptors (Lipinski definition) is 6. The van der Waals surface area contributed by atoms with Gasteiger partial charge in [-0.15, -0.1) is 0 Å². The number of nitrogens with two attached hydrogens (primary N) is 1. The second kappa shape index (κ2) is 7.38. The molecule has 0 bridgehead atoms. The van der Waals surface area contributed by atoms with Gasteiger partial charge in [0.1, 0.15) is 5.82 Å². The summed E-state index contributed by atoms with van der Waals surface area (Å²) in [5, 5.41) is 8.91. The molecule has 1 aliphatic heterocycles. The van der Waals surface area contributed by atoms with Crippen molar-refractivity contribution in [3.63, 3.8) is 0 Å². The Morgan fingerprint density at radius 3 is 2.17 bits per heavy atom. The number of aromatic nitrogens is 1. The van der Waals surface area contributed by atoms with Crippen LogP contribution in [-0.4, -0.2) is 39.2 Å². The normalized spacial score (nSPS) is 15.6. The maximum absolute atomic E-state index is 12.7. The standard InChI is InChI=1S/C19H20N4O4S2/c20-28(24,25)16-6-4-15(5-7-16)21-19-10-3-14-13-17(8-9-18(14)22-19)29(26,27)23-11-1-2-12-23/h3-10,13H,1-2,11-12H2,(H,21,22)(H2,20,24,25). The molecule has 0 radical (unpaired) electrons. The van der Waals surface area contributed by atoms with Crippen LogP contribution in [0.4, 0.5) is 11.5 Å². The zero-order chi connectivity index (χ0) is 20.6. The van der Waals surface area contributed by atoms with Crippen LogP contribution < -0.4 is 10.5 Å². The maximum atomic E-state index is 12.7. The van der Waals surface area contributed by atoms with E-state index in [1.165, 1.54) is 16.4 Å². The summed E-state index contributed by atoms with van der Waals surface area (Å²) in [4.78, 5) is 4.80. The molecule has 29 heavy (non-hydrogen) atoms. The van der Waals surface area contributed by atoms with Gasteiger partial charge in [0.25, 0.3) is 0 Å². The van der Waals surface area contributed by atoms with E-state index in [0.29, 0.717) is 30.1 Å². The van der Waals surface area contributed by atoms with Crippen LogP contribution in [0.2, 0.25) is 0 Å². The Morgan fingerprint density at radius 1 is 0.862 bits per heavy atom. The van der Waals surface area contributed by atoms with E-state index in [0.717, 1.165) is 18.2 Å². The number of sulfonamides is 2. The highest BCUT2D eigenvalue weighted by atomic mass is 32.2. The third-order valence-electron chi connectivity index (χ3n) is 4.82.